The predicted molar refractivity (Wildman–Crippen MR) is 58.7 cm³/mol. The fraction of sp³-hybridized carbons (Fsp3) is 0.400. The Balaban J connectivity index is 1.99. The zero-order valence-corrected chi connectivity index (χ0v) is 9.35. The Labute approximate surface area is 97.0 Å². The van der Waals surface area contributed by atoms with Gasteiger partial charge in [-0.25, -0.2) is 4.68 Å². The molecule has 92 valence electrons. The van der Waals surface area contributed by atoms with Crippen LogP contribution in [0.4, 0.5) is 14.5 Å². The van der Waals surface area contributed by atoms with Crippen LogP contribution in [0.25, 0.3) is 0 Å². The summed E-state index contributed by atoms with van der Waals surface area (Å²) in [7, 11) is 0. The summed E-state index contributed by atoms with van der Waals surface area (Å²) in [4.78, 5) is 0. The number of nitrogens with one attached hydrogen (secondary N) is 1. The molecule has 0 unspecified atom stereocenters. The number of halogens is 2. The Morgan fingerprint density at radius 3 is 2.88 bits per heavy atom. The summed E-state index contributed by atoms with van der Waals surface area (Å²) in [5, 5.41) is 10.7. The first kappa shape index (κ1) is 11.6. The zero-order valence-electron chi connectivity index (χ0n) is 9.35. The van der Waals surface area contributed by atoms with E-state index in [2.05, 4.69) is 15.5 Å². The van der Waals surface area contributed by atoms with Gasteiger partial charge in [-0.05, 0) is 13.0 Å². The number of rotatable bonds is 5. The van der Waals surface area contributed by atoms with E-state index in [9.17, 15) is 8.78 Å². The van der Waals surface area contributed by atoms with Crippen LogP contribution >= 0.6 is 0 Å². The van der Waals surface area contributed by atoms with Crippen LogP contribution in [0, 0.1) is 0 Å². The highest BCUT2D eigenvalue weighted by Gasteiger charge is 2.11. The third kappa shape index (κ3) is 2.61. The molecule has 1 N–H and O–H groups in total. The number of aromatic nitrogens is 4. The monoisotopic (exact) mass is 241 g/mol. The Bertz CT molecular complexity index is 477. The third-order valence-electron chi connectivity index (χ3n) is 2.37. The highest BCUT2D eigenvalue weighted by atomic mass is 19.3. The van der Waals surface area contributed by atoms with E-state index in [1.807, 2.05) is 13.1 Å². The van der Waals surface area contributed by atoms with Crippen LogP contribution in [0.1, 0.15) is 19.2 Å². The minimum Gasteiger partial charge on any atom is -0.377 e. The fourth-order valence-electron chi connectivity index (χ4n) is 1.48. The van der Waals surface area contributed by atoms with Crippen LogP contribution in [0.15, 0.2) is 24.7 Å². The molecule has 0 fully saturated rings. The minimum absolute atomic E-state index is 0.291. The second-order valence-corrected chi connectivity index (χ2v) is 3.48. The Kier molecular flexibility index (Phi) is 3.36. The van der Waals surface area contributed by atoms with Gasteiger partial charge < -0.3 is 5.32 Å². The molecule has 0 aliphatic heterocycles. The SMILES string of the molecule is CCn1cc(NCc2ccnn2C(F)F)cn1. The lowest BCUT2D eigenvalue weighted by atomic mass is 10.4. The maximum Gasteiger partial charge on any atom is 0.333 e. The van der Waals surface area contributed by atoms with Gasteiger partial charge in [0.05, 0.1) is 24.1 Å². The van der Waals surface area contributed by atoms with Crippen molar-refractivity contribution < 1.29 is 8.78 Å². The van der Waals surface area contributed by atoms with E-state index in [1.165, 1.54) is 6.20 Å². The molecule has 5 nitrogen and oxygen atoms in total. The molecule has 0 bridgehead atoms. The minimum atomic E-state index is -2.61. The van der Waals surface area contributed by atoms with Crippen molar-refractivity contribution in [2.24, 2.45) is 0 Å². The van der Waals surface area contributed by atoms with Crippen LogP contribution in [-0.4, -0.2) is 19.6 Å². The van der Waals surface area contributed by atoms with Crippen LogP contribution in [0.2, 0.25) is 0 Å². The second kappa shape index (κ2) is 4.94. The summed E-state index contributed by atoms with van der Waals surface area (Å²) < 4.78 is 27.5. The first-order valence-corrected chi connectivity index (χ1v) is 5.27. The van der Waals surface area contributed by atoms with Crippen LogP contribution in [0.5, 0.6) is 0 Å². The van der Waals surface area contributed by atoms with Crippen LogP contribution in [0.3, 0.4) is 0 Å². The maximum absolute atomic E-state index is 12.5. The lowest BCUT2D eigenvalue weighted by Gasteiger charge is -2.06. The van der Waals surface area contributed by atoms with Crippen molar-refractivity contribution >= 4 is 5.69 Å². The average Bonchev–Trinajstić information content (AvgIpc) is 2.95. The highest BCUT2D eigenvalue weighted by Crippen LogP contribution is 2.13. The van der Waals surface area contributed by atoms with E-state index < -0.39 is 6.55 Å². The van der Waals surface area contributed by atoms with Crippen molar-refractivity contribution in [2.45, 2.75) is 26.6 Å². The molecule has 0 spiro atoms. The van der Waals surface area contributed by atoms with E-state index in [-0.39, 0.29) is 0 Å². The predicted octanol–water partition coefficient (Wildman–Crippen LogP) is 2.11. The van der Waals surface area contributed by atoms with Gasteiger partial charge in [-0.15, -0.1) is 0 Å². The molecule has 7 heteroatoms. The number of anilines is 1. The summed E-state index contributed by atoms with van der Waals surface area (Å²) in [6.07, 6.45) is 4.84. The maximum atomic E-state index is 12.5. The van der Waals surface area contributed by atoms with E-state index >= 15 is 0 Å². The van der Waals surface area contributed by atoms with Crippen molar-refractivity contribution in [2.75, 3.05) is 5.32 Å². The summed E-state index contributed by atoms with van der Waals surface area (Å²) in [6, 6.07) is 1.56. The molecule has 0 amide bonds. The second-order valence-electron chi connectivity index (χ2n) is 3.48. The molecule has 0 radical (unpaired) electrons. The summed E-state index contributed by atoms with van der Waals surface area (Å²) >= 11 is 0. The quantitative estimate of drug-likeness (QED) is 0.872. The Morgan fingerprint density at radius 1 is 1.41 bits per heavy atom. The largest absolute Gasteiger partial charge is 0.377 e. The van der Waals surface area contributed by atoms with Crippen molar-refractivity contribution in [1.29, 1.82) is 0 Å². The Hall–Kier alpha value is -1.92. The van der Waals surface area contributed by atoms with E-state index in [4.69, 9.17) is 0 Å². The summed E-state index contributed by atoms with van der Waals surface area (Å²) in [6.45, 7) is 0.430. The van der Waals surface area contributed by atoms with Gasteiger partial charge in [0.15, 0.2) is 0 Å². The molecule has 0 saturated heterocycles. The van der Waals surface area contributed by atoms with Gasteiger partial charge in [0.1, 0.15) is 0 Å². The normalized spacial score (nSPS) is 11.1. The van der Waals surface area contributed by atoms with Gasteiger partial charge in [0.25, 0.3) is 0 Å². The highest BCUT2D eigenvalue weighted by molar-refractivity contribution is 5.38. The molecule has 2 aromatic rings. The van der Waals surface area contributed by atoms with Gasteiger partial charge in [-0.2, -0.15) is 19.0 Å². The molecule has 17 heavy (non-hydrogen) atoms. The Morgan fingerprint density at radius 2 is 2.24 bits per heavy atom. The lowest BCUT2D eigenvalue weighted by Crippen LogP contribution is -2.09. The smallest absolute Gasteiger partial charge is 0.333 e. The number of aryl methyl sites for hydroxylation is 1. The number of alkyl halides is 2. The van der Waals surface area contributed by atoms with Crippen LogP contribution < -0.4 is 5.32 Å². The van der Waals surface area contributed by atoms with Gasteiger partial charge in [0.2, 0.25) is 0 Å². The number of hydrogen-bond donors (Lipinski definition) is 1. The van der Waals surface area contributed by atoms with Crippen molar-refractivity contribution in [3.63, 3.8) is 0 Å². The standard InChI is InChI=1S/C10H13F2N5/c1-2-16-7-8(5-15-16)13-6-9-3-4-14-17(9)10(11)12/h3-5,7,10,13H,2,6H2,1H3. The third-order valence-corrected chi connectivity index (χ3v) is 2.37. The molecule has 2 rings (SSSR count). The van der Waals surface area contributed by atoms with Gasteiger partial charge in [-0.1, -0.05) is 0 Å². The van der Waals surface area contributed by atoms with Gasteiger partial charge in [-0.3, -0.25) is 4.68 Å². The molecule has 2 aromatic heterocycles. The molecule has 0 aliphatic carbocycles. The molecule has 0 saturated carbocycles. The molecule has 0 aliphatic rings. The van der Waals surface area contributed by atoms with Crippen LogP contribution in [-0.2, 0) is 13.1 Å². The van der Waals surface area contributed by atoms with Crippen molar-refractivity contribution in [1.82, 2.24) is 19.6 Å². The van der Waals surface area contributed by atoms with Gasteiger partial charge in [0, 0.05) is 18.9 Å². The first-order chi connectivity index (χ1) is 8.20. The lowest BCUT2D eigenvalue weighted by molar-refractivity contribution is 0.0537. The summed E-state index contributed by atoms with van der Waals surface area (Å²) in [5.74, 6) is 0. The molecule has 0 atom stereocenters. The molecular weight excluding hydrogens is 228 g/mol. The topological polar surface area (TPSA) is 47.7 Å². The van der Waals surface area contributed by atoms with Gasteiger partial charge >= 0.3 is 6.55 Å². The first-order valence-electron chi connectivity index (χ1n) is 5.27. The zero-order chi connectivity index (χ0) is 12.3. The molecule has 0 aromatic carbocycles. The summed E-state index contributed by atoms with van der Waals surface area (Å²) in [5.41, 5.74) is 1.23. The number of hydrogen-bond acceptors (Lipinski definition) is 3. The van der Waals surface area contributed by atoms with Crippen molar-refractivity contribution in [3.8, 4) is 0 Å². The fourth-order valence-corrected chi connectivity index (χ4v) is 1.48. The average molecular weight is 241 g/mol. The molecular formula is C10H13F2N5. The van der Waals surface area contributed by atoms with E-state index in [0.717, 1.165) is 12.2 Å². The van der Waals surface area contributed by atoms with Crippen molar-refractivity contribution in [3.05, 3.63) is 30.4 Å². The molecule has 2 heterocycles. The van der Waals surface area contributed by atoms with E-state index in [0.29, 0.717) is 16.9 Å². The van der Waals surface area contributed by atoms with E-state index in [1.54, 1.807) is 16.9 Å². The number of nitrogens with zero attached hydrogens (tertiary/aromatic N) is 4.